The van der Waals surface area contributed by atoms with Gasteiger partial charge in [0.05, 0.1) is 0 Å². The Labute approximate surface area is 119 Å². The predicted molar refractivity (Wildman–Crippen MR) is 77.0 cm³/mol. The Hall–Kier alpha value is -2.38. The molecule has 4 heteroatoms. The van der Waals surface area contributed by atoms with E-state index in [9.17, 15) is 0 Å². The highest BCUT2D eigenvalue weighted by Crippen LogP contribution is 2.19. The summed E-state index contributed by atoms with van der Waals surface area (Å²) < 4.78 is 5.41. The number of nitriles is 1. The first-order valence-corrected chi connectivity index (χ1v) is 6.52. The van der Waals surface area contributed by atoms with Gasteiger partial charge in [-0.25, -0.2) is 0 Å². The van der Waals surface area contributed by atoms with E-state index in [2.05, 4.69) is 17.2 Å². The molecule has 1 atom stereocenters. The van der Waals surface area contributed by atoms with Crippen molar-refractivity contribution in [2.24, 2.45) is 0 Å². The zero-order valence-corrected chi connectivity index (χ0v) is 11.4. The first kappa shape index (κ1) is 14.0. The molecule has 1 aromatic carbocycles. The Morgan fingerprint density at radius 1 is 1.25 bits per heavy atom. The second kappa shape index (κ2) is 7.27. The van der Waals surface area contributed by atoms with Crippen molar-refractivity contribution in [3.8, 4) is 11.8 Å². The van der Waals surface area contributed by atoms with Gasteiger partial charge in [-0.1, -0.05) is 18.2 Å². The van der Waals surface area contributed by atoms with Crippen molar-refractivity contribution in [1.82, 2.24) is 10.3 Å². The smallest absolute Gasteiger partial charge is 0.174 e. The molecule has 1 unspecified atom stereocenters. The van der Waals surface area contributed by atoms with E-state index in [1.54, 1.807) is 12.4 Å². The Morgan fingerprint density at radius 2 is 2.00 bits per heavy atom. The van der Waals surface area contributed by atoms with Crippen molar-refractivity contribution < 1.29 is 4.74 Å². The van der Waals surface area contributed by atoms with E-state index in [1.807, 2.05) is 42.5 Å². The summed E-state index contributed by atoms with van der Waals surface area (Å²) >= 11 is 0. The van der Waals surface area contributed by atoms with E-state index in [-0.39, 0.29) is 12.6 Å². The molecule has 0 aliphatic heterocycles. The van der Waals surface area contributed by atoms with Gasteiger partial charge in [0.2, 0.25) is 0 Å². The van der Waals surface area contributed by atoms with Gasteiger partial charge in [0, 0.05) is 30.5 Å². The van der Waals surface area contributed by atoms with Crippen LogP contribution in [0, 0.1) is 11.3 Å². The van der Waals surface area contributed by atoms with Crippen molar-refractivity contribution in [2.45, 2.75) is 19.5 Å². The molecule has 0 aliphatic rings. The highest BCUT2D eigenvalue weighted by Gasteiger charge is 2.07. The number of rotatable bonds is 6. The zero-order valence-electron chi connectivity index (χ0n) is 11.4. The molecular weight excluding hydrogens is 250 g/mol. The number of benzene rings is 1. The molecule has 1 N–H and O–H groups in total. The number of hydrogen-bond donors (Lipinski definition) is 1. The fourth-order valence-corrected chi connectivity index (χ4v) is 1.93. The molecule has 0 amide bonds. The summed E-state index contributed by atoms with van der Waals surface area (Å²) in [6, 6.07) is 14.0. The van der Waals surface area contributed by atoms with E-state index in [0.29, 0.717) is 6.54 Å². The molecule has 4 nitrogen and oxygen atoms in total. The average Bonchev–Trinajstić information content (AvgIpc) is 2.52. The number of ether oxygens (including phenoxy) is 1. The summed E-state index contributed by atoms with van der Waals surface area (Å²) in [5, 5.41) is 12.0. The van der Waals surface area contributed by atoms with Crippen LogP contribution in [0.2, 0.25) is 0 Å². The standard InChI is InChI=1S/C16H17N3O/c1-13(14-6-9-18-10-7-14)19-12-15-4-2-3-5-16(15)20-11-8-17/h2-7,9-10,13,19H,11-12H2,1H3. The van der Waals surface area contributed by atoms with E-state index in [0.717, 1.165) is 11.3 Å². The van der Waals surface area contributed by atoms with Gasteiger partial charge < -0.3 is 10.1 Å². The number of aromatic nitrogens is 1. The maximum absolute atomic E-state index is 8.59. The molecule has 20 heavy (non-hydrogen) atoms. The summed E-state index contributed by atoms with van der Waals surface area (Å²) in [7, 11) is 0. The molecule has 1 aromatic heterocycles. The van der Waals surface area contributed by atoms with Crippen LogP contribution in [0.1, 0.15) is 24.1 Å². The highest BCUT2D eigenvalue weighted by molar-refractivity contribution is 5.33. The molecule has 0 radical (unpaired) electrons. The third kappa shape index (κ3) is 3.81. The quantitative estimate of drug-likeness (QED) is 0.874. The minimum absolute atomic E-state index is 0.0664. The van der Waals surface area contributed by atoms with Gasteiger partial charge in [0.1, 0.15) is 11.8 Å². The number of pyridine rings is 1. The van der Waals surface area contributed by atoms with Crippen LogP contribution in [0.5, 0.6) is 5.75 Å². The molecule has 1 heterocycles. The van der Waals surface area contributed by atoms with Gasteiger partial charge in [-0.3, -0.25) is 4.98 Å². The average molecular weight is 267 g/mol. The van der Waals surface area contributed by atoms with Crippen molar-refractivity contribution in [1.29, 1.82) is 5.26 Å². The van der Waals surface area contributed by atoms with E-state index < -0.39 is 0 Å². The molecule has 0 saturated heterocycles. The van der Waals surface area contributed by atoms with Crippen LogP contribution in [-0.4, -0.2) is 11.6 Å². The summed E-state index contributed by atoms with van der Waals surface area (Å²) in [4.78, 5) is 4.02. The van der Waals surface area contributed by atoms with E-state index in [4.69, 9.17) is 10.00 Å². The second-order valence-corrected chi connectivity index (χ2v) is 4.44. The van der Waals surface area contributed by atoms with Crippen LogP contribution >= 0.6 is 0 Å². The van der Waals surface area contributed by atoms with Crippen LogP contribution in [0.3, 0.4) is 0 Å². The molecule has 0 fully saturated rings. The monoisotopic (exact) mass is 267 g/mol. The van der Waals surface area contributed by atoms with Crippen LogP contribution in [-0.2, 0) is 6.54 Å². The highest BCUT2D eigenvalue weighted by atomic mass is 16.5. The van der Waals surface area contributed by atoms with Gasteiger partial charge in [-0.05, 0) is 30.7 Å². The molecule has 2 aromatic rings. The zero-order chi connectivity index (χ0) is 14.2. The van der Waals surface area contributed by atoms with Gasteiger partial charge in [0.15, 0.2) is 6.61 Å². The number of nitrogens with one attached hydrogen (secondary N) is 1. The molecule has 0 aliphatic carbocycles. The summed E-state index contributed by atoms with van der Waals surface area (Å²) in [5.74, 6) is 0.753. The molecule has 0 bridgehead atoms. The summed E-state index contributed by atoms with van der Waals surface area (Å²) in [5.41, 5.74) is 2.24. The third-order valence-corrected chi connectivity index (χ3v) is 3.07. The number of nitrogens with zero attached hydrogens (tertiary/aromatic N) is 2. The van der Waals surface area contributed by atoms with Crippen molar-refractivity contribution in [2.75, 3.05) is 6.61 Å². The molecule has 102 valence electrons. The van der Waals surface area contributed by atoms with Gasteiger partial charge >= 0.3 is 0 Å². The largest absolute Gasteiger partial charge is 0.478 e. The predicted octanol–water partition coefficient (Wildman–Crippen LogP) is 2.83. The SMILES string of the molecule is CC(NCc1ccccc1OCC#N)c1ccncc1. The number of hydrogen-bond acceptors (Lipinski definition) is 4. The molecule has 0 spiro atoms. The molecule has 2 rings (SSSR count). The van der Waals surface area contributed by atoms with Gasteiger partial charge in [0.25, 0.3) is 0 Å². The normalized spacial score (nSPS) is 11.6. The van der Waals surface area contributed by atoms with Gasteiger partial charge in [-0.15, -0.1) is 0 Å². The maximum atomic E-state index is 8.59. The lowest BCUT2D eigenvalue weighted by molar-refractivity contribution is 0.361. The van der Waals surface area contributed by atoms with Crippen molar-refractivity contribution >= 4 is 0 Å². The van der Waals surface area contributed by atoms with Crippen molar-refractivity contribution in [3.63, 3.8) is 0 Å². The van der Waals surface area contributed by atoms with Crippen molar-refractivity contribution in [3.05, 3.63) is 59.9 Å². The first-order chi connectivity index (χ1) is 9.81. The first-order valence-electron chi connectivity index (χ1n) is 6.52. The lowest BCUT2D eigenvalue weighted by atomic mass is 10.1. The van der Waals surface area contributed by atoms with Gasteiger partial charge in [-0.2, -0.15) is 5.26 Å². The Bertz CT molecular complexity index is 578. The fourth-order valence-electron chi connectivity index (χ4n) is 1.93. The van der Waals surface area contributed by atoms with Crippen LogP contribution in [0.25, 0.3) is 0 Å². The minimum Gasteiger partial charge on any atom is -0.478 e. The second-order valence-electron chi connectivity index (χ2n) is 4.44. The fraction of sp³-hybridized carbons (Fsp3) is 0.250. The third-order valence-electron chi connectivity index (χ3n) is 3.07. The Kier molecular flexibility index (Phi) is 5.10. The summed E-state index contributed by atoms with van der Waals surface area (Å²) in [6.07, 6.45) is 3.58. The number of para-hydroxylation sites is 1. The molecule has 0 saturated carbocycles. The summed E-state index contributed by atoms with van der Waals surface area (Å²) in [6.45, 7) is 2.86. The maximum Gasteiger partial charge on any atom is 0.174 e. The minimum atomic E-state index is 0.0664. The van der Waals surface area contributed by atoms with E-state index in [1.165, 1.54) is 5.56 Å². The lowest BCUT2D eigenvalue weighted by Gasteiger charge is -2.15. The van der Waals surface area contributed by atoms with Crippen LogP contribution in [0.15, 0.2) is 48.8 Å². The van der Waals surface area contributed by atoms with Crippen LogP contribution < -0.4 is 10.1 Å². The Morgan fingerprint density at radius 3 is 2.75 bits per heavy atom. The Balaban J connectivity index is 1.99. The topological polar surface area (TPSA) is 57.9 Å². The van der Waals surface area contributed by atoms with Crippen LogP contribution in [0.4, 0.5) is 0 Å². The lowest BCUT2D eigenvalue weighted by Crippen LogP contribution is -2.18. The van der Waals surface area contributed by atoms with E-state index >= 15 is 0 Å². The molecular formula is C16H17N3O.